The van der Waals surface area contributed by atoms with Crippen molar-refractivity contribution >= 4 is 16.9 Å². The average Bonchev–Trinajstić information content (AvgIpc) is 2.95. The van der Waals surface area contributed by atoms with E-state index in [0.29, 0.717) is 17.7 Å². The zero-order valence-electron chi connectivity index (χ0n) is 10.5. The number of hydrogen-bond donors (Lipinski definition) is 1. The van der Waals surface area contributed by atoms with Crippen molar-refractivity contribution in [2.75, 3.05) is 0 Å². The molecule has 1 aromatic heterocycles. The molecule has 1 aliphatic rings. The van der Waals surface area contributed by atoms with E-state index < -0.39 is 0 Å². The van der Waals surface area contributed by atoms with Crippen LogP contribution in [0.1, 0.15) is 36.7 Å². The van der Waals surface area contributed by atoms with E-state index in [1.54, 1.807) is 0 Å². The summed E-state index contributed by atoms with van der Waals surface area (Å²) in [5.41, 5.74) is 0.766. The van der Waals surface area contributed by atoms with E-state index in [1.807, 2.05) is 30.3 Å². The van der Waals surface area contributed by atoms with Gasteiger partial charge in [0.2, 0.25) is 0 Å². The number of fused-ring (bicyclic) bond motifs is 1. The van der Waals surface area contributed by atoms with Crippen LogP contribution in [0, 0.1) is 5.92 Å². The lowest BCUT2D eigenvalue weighted by Gasteiger charge is -2.10. The maximum Gasteiger partial charge on any atom is 0.287 e. The zero-order valence-corrected chi connectivity index (χ0v) is 10.5. The smallest absolute Gasteiger partial charge is 0.287 e. The van der Waals surface area contributed by atoms with Crippen molar-refractivity contribution in [2.24, 2.45) is 5.92 Å². The summed E-state index contributed by atoms with van der Waals surface area (Å²) >= 11 is 0. The van der Waals surface area contributed by atoms with E-state index in [1.165, 1.54) is 6.42 Å². The highest BCUT2D eigenvalue weighted by Gasteiger charge is 2.24. The van der Waals surface area contributed by atoms with E-state index in [2.05, 4.69) is 12.2 Å². The fourth-order valence-electron chi connectivity index (χ4n) is 2.69. The minimum absolute atomic E-state index is 0.0923. The van der Waals surface area contributed by atoms with Gasteiger partial charge < -0.3 is 9.73 Å². The molecule has 18 heavy (non-hydrogen) atoms. The summed E-state index contributed by atoms with van der Waals surface area (Å²) in [6.45, 7) is 2.23. The lowest BCUT2D eigenvalue weighted by atomic mass is 10.1. The highest BCUT2D eigenvalue weighted by atomic mass is 16.3. The SMILES string of the molecule is CC1CCC(NC(=O)c2cc3ccccc3o2)C1. The number of amides is 1. The molecule has 1 saturated carbocycles. The van der Waals surface area contributed by atoms with Gasteiger partial charge in [0.25, 0.3) is 5.91 Å². The van der Waals surface area contributed by atoms with Gasteiger partial charge in [0, 0.05) is 11.4 Å². The Hall–Kier alpha value is -1.77. The van der Waals surface area contributed by atoms with Crippen molar-refractivity contribution in [1.82, 2.24) is 5.32 Å². The highest BCUT2D eigenvalue weighted by Crippen LogP contribution is 2.25. The van der Waals surface area contributed by atoms with Crippen LogP contribution >= 0.6 is 0 Å². The second kappa shape index (κ2) is 4.48. The molecule has 1 aromatic carbocycles. The third-order valence-electron chi connectivity index (χ3n) is 3.68. The van der Waals surface area contributed by atoms with E-state index in [4.69, 9.17) is 4.42 Å². The standard InChI is InChI=1S/C15H17NO2/c1-10-6-7-12(8-10)16-15(17)14-9-11-4-2-3-5-13(11)18-14/h2-5,9-10,12H,6-8H2,1H3,(H,16,17). The number of carbonyl (C=O) groups excluding carboxylic acids is 1. The Kier molecular flexibility index (Phi) is 2.82. The molecule has 0 radical (unpaired) electrons. The lowest BCUT2D eigenvalue weighted by Crippen LogP contribution is -2.32. The number of para-hydroxylation sites is 1. The molecule has 0 spiro atoms. The molecule has 1 N–H and O–H groups in total. The molecule has 3 heteroatoms. The largest absolute Gasteiger partial charge is 0.451 e. The maximum atomic E-state index is 12.1. The third kappa shape index (κ3) is 2.13. The van der Waals surface area contributed by atoms with Crippen molar-refractivity contribution in [2.45, 2.75) is 32.2 Å². The number of carbonyl (C=O) groups is 1. The molecule has 1 amide bonds. The molecule has 0 bridgehead atoms. The van der Waals surface area contributed by atoms with E-state index >= 15 is 0 Å². The molecule has 3 nitrogen and oxygen atoms in total. The molecule has 3 rings (SSSR count). The minimum Gasteiger partial charge on any atom is -0.451 e. The van der Waals surface area contributed by atoms with E-state index in [0.717, 1.165) is 23.8 Å². The fourth-order valence-corrected chi connectivity index (χ4v) is 2.69. The molecule has 1 fully saturated rings. The Morgan fingerprint density at radius 2 is 2.17 bits per heavy atom. The van der Waals surface area contributed by atoms with Crippen molar-refractivity contribution in [3.05, 3.63) is 36.1 Å². The lowest BCUT2D eigenvalue weighted by molar-refractivity contribution is 0.0911. The normalized spacial score (nSPS) is 23.4. The van der Waals surface area contributed by atoms with Gasteiger partial charge in [-0.1, -0.05) is 25.1 Å². The molecule has 1 heterocycles. The van der Waals surface area contributed by atoms with Gasteiger partial charge in [0.05, 0.1) is 0 Å². The number of hydrogen-bond acceptors (Lipinski definition) is 2. The van der Waals surface area contributed by atoms with Crippen LogP contribution in [0.3, 0.4) is 0 Å². The van der Waals surface area contributed by atoms with Crippen LogP contribution in [0.25, 0.3) is 11.0 Å². The van der Waals surface area contributed by atoms with Gasteiger partial charge in [-0.05, 0) is 37.3 Å². The van der Waals surface area contributed by atoms with Crippen molar-refractivity contribution in [1.29, 1.82) is 0 Å². The van der Waals surface area contributed by atoms with Gasteiger partial charge in [0.15, 0.2) is 5.76 Å². The molecule has 2 unspecified atom stereocenters. The quantitative estimate of drug-likeness (QED) is 0.878. The molecule has 2 aromatic rings. The van der Waals surface area contributed by atoms with Crippen LogP contribution < -0.4 is 5.32 Å². The van der Waals surface area contributed by atoms with Gasteiger partial charge in [-0.25, -0.2) is 0 Å². The molecular formula is C15H17NO2. The first-order valence-corrected chi connectivity index (χ1v) is 6.52. The van der Waals surface area contributed by atoms with Gasteiger partial charge in [-0.15, -0.1) is 0 Å². The number of furan rings is 1. The number of nitrogens with one attached hydrogen (secondary N) is 1. The van der Waals surface area contributed by atoms with Crippen LogP contribution in [-0.4, -0.2) is 11.9 Å². The summed E-state index contributed by atoms with van der Waals surface area (Å²) in [7, 11) is 0. The summed E-state index contributed by atoms with van der Waals surface area (Å²) in [6.07, 6.45) is 3.35. The first kappa shape index (κ1) is 11.3. The Bertz CT molecular complexity index is 540. The molecule has 0 aliphatic heterocycles. The van der Waals surface area contributed by atoms with Crippen molar-refractivity contribution < 1.29 is 9.21 Å². The first-order chi connectivity index (χ1) is 8.72. The average molecular weight is 243 g/mol. The van der Waals surface area contributed by atoms with Gasteiger partial charge in [-0.3, -0.25) is 4.79 Å². The van der Waals surface area contributed by atoms with Gasteiger partial charge in [0.1, 0.15) is 5.58 Å². The minimum atomic E-state index is -0.0923. The van der Waals surface area contributed by atoms with Gasteiger partial charge >= 0.3 is 0 Å². The fraction of sp³-hybridized carbons (Fsp3) is 0.400. The summed E-state index contributed by atoms with van der Waals surface area (Å²) in [6, 6.07) is 9.80. The Labute approximate surface area is 106 Å². The van der Waals surface area contributed by atoms with E-state index in [9.17, 15) is 4.79 Å². The first-order valence-electron chi connectivity index (χ1n) is 6.52. The third-order valence-corrected chi connectivity index (χ3v) is 3.68. The van der Waals surface area contributed by atoms with Crippen molar-refractivity contribution in [3.8, 4) is 0 Å². The summed E-state index contributed by atoms with van der Waals surface area (Å²) in [5.74, 6) is 1.03. The van der Waals surface area contributed by atoms with Crippen LogP contribution in [0.15, 0.2) is 34.7 Å². The molecule has 94 valence electrons. The van der Waals surface area contributed by atoms with Crippen molar-refractivity contribution in [3.63, 3.8) is 0 Å². The van der Waals surface area contributed by atoms with Crippen LogP contribution in [0.5, 0.6) is 0 Å². The highest BCUT2D eigenvalue weighted by molar-refractivity contribution is 5.96. The monoisotopic (exact) mass is 243 g/mol. The van der Waals surface area contributed by atoms with Crippen LogP contribution in [0.2, 0.25) is 0 Å². The molecule has 1 aliphatic carbocycles. The predicted octanol–water partition coefficient (Wildman–Crippen LogP) is 3.35. The Morgan fingerprint density at radius 3 is 2.89 bits per heavy atom. The van der Waals surface area contributed by atoms with Crippen LogP contribution in [0.4, 0.5) is 0 Å². The number of benzene rings is 1. The predicted molar refractivity (Wildman–Crippen MR) is 70.5 cm³/mol. The Balaban J connectivity index is 1.75. The Morgan fingerprint density at radius 1 is 1.33 bits per heavy atom. The second-order valence-electron chi connectivity index (χ2n) is 5.24. The van der Waals surface area contributed by atoms with Crippen LogP contribution in [-0.2, 0) is 0 Å². The second-order valence-corrected chi connectivity index (χ2v) is 5.24. The molecular weight excluding hydrogens is 226 g/mol. The summed E-state index contributed by atoms with van der Waals surface area (Å²) < 4.78 is 5.55. The molecule has 0 saturated heterocycles. The van der Waals surface area contributed by atoms with E-state index in [-0.39, 0.29) is 5.91 Å². The molecule has 2 atom stereocenters. The van der Waals surface area contributed by atoms with Gasteiger partial charge in [-0.2, -0.15) is 0 Å². The topological polar surface area (TPSA) is 42.2 Å². The zero-order chi connectivity index (χ0) is 12.5. The summed E-state index contributed by atoms with van der Waals surface area (Å²) in [5, 5.41) is 4.03. The summed E-state index contributed by atoms with van der Waals surface area (Å²) in [4.78, 5) is 12.1. The maximum absolute atomic E-state index is 12.1. The number of rotatable bonds is 2.